The quantitative estimate of drug-likeness (QED) is 0.799. The van der Waals surface area contributed by atoms with Crippen molar-refractivity contribution in [3.63, 3.8) is 0 Å². The second-order valence-corrected chi connectivity index (χ2v) is 3.50. The van der Waals surface area contributed by atoms with Crippen LogP contribution in [-0.4, -0.2) is 6.54 Å². The maximum atomic E-state index is 13.0. The molecule has 0 spiro atoms. The molecule has 0 amide bonds. The number of benzene rings is 1. The predicted octanol–water partition coefficient (Wildman–Crippen LogP) is 2.54. The number of hydrogen-bond donors (Lipinski definition) is 1. The van der Waals surface area contributed by atoms with Gasteiger partial charge in [0.05, 0.1) is 5.56 Å². The van der Waals surface area contributed by atoms with Crippen molar-refractivity contribution in [3.05, 3.63) is 35.1 Å². The van der Waals surface area contributed by atoms with E-state index in [-0.39, 0.29) is 18.0 Å². The third kappa shape index (κ3) is 2.47. The maximum absolute atomic E-state index is 13.0. The zero-order valence-corrected chi connectivity index (χ0v) is 8.98. The molecule has 2 rings (SSSR count). The van der Waals surface area contributed by atoms with Crippen molar-refractivity contribution in [2.75, 3.05) is 6.54 Å². The van der Waals surface area contributed by atoms with Gasteiger partial charge in [0, 0.05) is 6.04 Å². The third-order valence-corrected chi connectivity index (χ3v) is 2.57. The maximum Gasteiger partial charge on any atom is 0.140 e. The minimum Gasteiger partial charge on any atom is -0.310 e. The first-order chi connectivity index (χ1) is 6.81. The normalized spacial score (nSPS) is 19.3. The first kappa shape index (κ1) is 12.0. The molecule has 0 bridgehead atoms. The number of nitriles is 1. The fourth-order valence-electron chi connectivity index (χ4n) is 1.81. The number of rotatable bonds is 1. The monoisotopic (exact) mass is 226 g/mol. The summed E-state index contributed by atoms with van der Waals surface area (Å²) in [5.41, 5.74) is 1.15. The minimum atomic E-state index is -0.436. The standard InChI is InChI=1S/C11H11FN2.ClH/c12-10-4-3-8(6-9(10)7-13)11-2-1-5-14-11;/h3-4,6,11,14H,1-2,5H2;1H/t11-;/m0./s1. The predicted molar refractivity (Wildman–Crippen MR) is 58.3 cm³/mol. The van der Waals surface area contributed by atoms with E-state index in [9.17, 15) is 4.39 Å². The molecule has 0 radical (unpaired) electrons. The summed E-state index contributed by atoms with van der Waals surface area (Å²) in [7, 11) is 0. The van der Waals surface area contributed by atoms with E-state index in [1.165, 1.54) is 6.07 Å². The van der Waals surface area contributed by atoms with Crippen LogP contribution in [0.1, 0.15) is 30.0 Å². The number of halogens is 2. The van der Waals surface area contributed by atoms with E-state index in [2.05, 4.69) is 5.32 Å². The van der Waals surface area contributed by atoms with E-state index >= 15 is 0 Å². The number of nitrogens with zero attached hydrogens (tertiary/aromatic N) is 1. The molecule has 15 heavy (non-hydrogen) atoms. The molecule has 2 nitrogen and oxygen atoms in total. The van der Waals surface area contributed by atoms with Crippen LogP contribution in [0, 0.1) is 17.1 Å². The molecule has 0 saturated carbocycles. The van der Waals surface area contributed by atoms with Crippen molar-refractivity contribution < 1.29 is 4.39 Å². The van der Waals surface area contributed by atoms with Crippen LogP contribution in [0.5, 0.6) is 0 Å². The van der Waals surface area contributed by atoms with E-state index in [0.29, 0.717) is 6.04 Å². The Morgan fingerprint density at radius 3 is 2.87 bits per heavy atom. The topological polar surface area (TPSA) is 35.8 Å². The van der Waals surface area contributed by atoms with E-state index in [4.69, 9.17) is 5.26 Å². The molecule has 1 atom stereocenters. The first-order valence-corrected chi connectivity index (χ1v) is 4.74. The highest BCUT2D eigenvalue weighted by Crippen LogP contribution is 2.24. The summed E-state index contributed by atoms with van der Waals surface area (Å²) in [6, 6.07) is 6.91. The van der Waals surface area contributed by atoms with Crippen molar-refractivity contribution in [2.24, 2.45) is 0 Å². The van der Waals surface area contributed by atoms with Gasteiger partial charge in [-0.2, -0.15) is 5.26 Å². The highest BCUT2D eigenvalue weighted by atomic mass is 35.5. The molecule has 1 heterocycles. The van der Waals surface area contributed by atoms with E-state index in [1.807, 2.05) is 6.07 Å². The molecule has 1 saturated heterocycles. The fourth-order valence-corrected chi connectivity index (χ4v) is 1.81. The van der Waals surface area contributed by atoms with Crippen molar-refractivity contribution in [1.82, 2.24) is 5.32 Å². The highest BCUT2D eigenvalue weighted by molar-refractivity contribution is 5.85. The van der Waals surface area contributed by atoms with Gasteiger partial charge in [-0.15, -0.1) is 12.4 Å². The van der Waals surface area contributed by atoms with Gasteiger partial charge >= 0.3 is 0 Å². The highest BCUT2D eigenvalue weighted by Gasteiger charge is 2.17. The largest absolute Gasteiger partial charge is 0.310 e. The molecule has 1 aromatic rings. The lowest BCUT2D eigenvalue weighted by Gasteiger charge is -2.10. The van der Waals surface area contributed by atoms with Gasteiger partial charge in [0.25, 0.3) is 0 Å². The van der Waals surface area contributed by atoms with Gasteiger partial charge in [0.1, 0.15) is 11.9 Å². The molecule has 1 aliphatic heterocycles. The van der Waals surface area contributed by atoms with E-state index < -0.39 is 5.82 Å². The van der Waals surface area contributed by atoms with Gasteiger partial charge in [0.15, 0.2) is 0 Å². The van der Waals surface area contributed by atoms with Crippen LogP contribution in [0.15, 0.2) is 18.2 Å². The molecule has 0 aliphatic carbocycles. The van der Waals surface area contributed by atoms with Crippen LogP contribution in [0.4, 0.5) is 4.39 Å². The molecule has 0 aromatic heterocycles. The summed E-state index contributed by atoms with van der Waals surface area (Å²) < 4.78 is 13.0. The van der Waals surface area contributed by atoms with Gasteiger partial charge in [-0.05, 0) is 37.1 Å². The van der Waals surface area contributed by atoms with Crippen LogP contribution in [0.2, 0.25) is 0 Å². The summed E-state index contributed by atoms with van der Waals surface area (Å²) in [6.07, 6.45) is 2.21. The average Bonchev–Trinajstić information content (AvgIpc) is 2.71. The number of nitrogens with one attached hydrogen (secondary N) is 1. The van der Waals surface area contributed by atoms with Gasteiger partial charge in [-0.1, -0.05) is 6.07 Å². The molecular weight excluding hydrogens is 215 g/mol. The Morgan fingerprint density at radius 2 is 2.27 bits per heavy atom. The molecule has 1 N–H and O–H groups in total. The summed E-state index contributed by atoms with van der Waals surface area (Å²) >= 11 is 0. The van der Waals surface area contributed by atoms with Gasteiger partial charge in [-0.25, -0.2) is 4.39 Å². The van der Waals surface area contributed by atoms with E-state index in [0.717, 1.165) is 24.9 Å². The second-order valence-electron chi connectivity index (χ2n) is 3.50. The van der Waals surface area contributed by atoms with Crippen LogP contribution in [-0.2, 0) is 0 Å². The number of hydrogen-bond acceptors (Lipinski definition) is 2. The lowest BCUT2D eigenvalue weighted by Crippen LogP contribution is -2.13. The van der Waals surface area contributed by atoms with Crippen LogP contribution < -0.4 is 5.32 Å². The Balaban J connectivity index is 0.00000112. The van der Waals surface area contributed by atoms with Crippen LogP contribution in [0.25, 0.3) is 0 Å². The molecule has 1 fully saturated rings. The summed E-state index contributed by atoms with van der Waals surface area (Å²) in [4.78, 5) is 0. The molecule has 0 unspecified atom stereocenters. The Hall–Kier alpha value is -1.11. The Morgan fingerprint density at radius 1 is 1.47 bits per heavy atom. The Kier molecular flexibility index (Phi) is 4.07. The summed E-state index contributed by atoms with van der Waals surface area (Å²) in [5, 5.41) is 12.0. The first-order valence-electron chi connectivity index (χ1n) is 4.74. The third-order valence-electron chi connectivity index (χ3n) is 2.57. The van der Waals surface area contributed by atoms with Crippen molar-refractivity contribution >= 4 is 12.4 Å². The SMILES string of the molecule is Cl.N#Cc1cc([C@@H]2CCCN2)ccc1F. The van der Waals surface area contributed by atoms with Gasteiger partial charge in [-0.3, -0.25) is 0 Å². The zero-order chi connectivity index (χ0) is 9.97. The van der Waals surface area contributed by atoms with Crippen LogP contribution >= 0.6 is 12.4 Å². The smallest absolute Gasteiger partial charge is 0.140 e. The van der Waals surface area contributed by atoms with Gasteiger partial charge < -0.3 is 5.32 Å². The van der Waals surface area contributed by atoms with Crippen LogP contribution in [0.3, 0.4) is 0 Å². The van der Waals surface area contributed by atoms with Crippen molar-refractivity contribution in [2.45, 2.75) is 18.9 Å². The lowest BCUT2D eigenvalue weighted by molar-refractivity contribution is 0.614. The van der Waals surface area contributed by atoms with Crippen molar-refractivity contribution in [3.8, 4) is 6.07 Å². The molecule has 4 heteroatoms. The Bertz CT molecular complexity index is 381. The summed E-state index contributed by atoms with van der Waals surface area (Å²) in [5.74, 6) is -0.436. The molecule has 1 aromatic carbocycles. The minimum absolute atomic E-state index is 0. The lowest BCUT2D eigenvalue weighted by atomic mass is 10.0. The molecular formula is C11H12ClFN2. The zero-order valence-electron chi connectivity index (χ0n) is 8.16. The van der Waals surface area contributed by atoms with Crippen molar-refractivity contribution in [1.29, 1.82) is 5.26 Å². The Labute approximate surface area is 94.5 Å². The summed E-state index contributed by atoms with van der Waals surface area (Å²) in [6.45, 7) is 1.00. The average molecular weight is 227 g/mol. The molecule has 80 valence electrons. The van der Waals surface area contributed by atoms with Gasteiger partial charge in [0.2, 0.25) is 0 Å². The molecule has 1 aliphatic rings. The fraction of sp³-hybridized carbons (Fsp3) is 0.364. The second kappa shape index (κ2) is 5.11. The van der Waals surface area contributed by atoms with E-state index in [1.54, 1.807) is 12.1 Å².